The van der Waals surface area contributed by atoms with E-state index in [1.807, 2.05) is 56.1 Å². The van der Waals surface area contributed by atoms with Gasteiger partial charge < -0.3 is 24.9 Å². The van der Waals surface area contributed by atoms with Crippen LogP contribution in [-0.2, 0) is 6.54 Å². The van der Waals surface area contributed by atoms with Gasteiger partial charge in [-0.25, -0.2) is 9.78 Å². The van der Waals surface area contributed by atoms with Crippen LogP contribution < -0.4 is 11.1 Å². The largest absolute Gasteiger partial charge is 0.455 e. The van der Waals surface area contributed by atoms with Crippen LogP contribution in [0.4, 0.5) is 10.6 Å². The van der Waals surface area contributed by atoms with Crippen molar-refractivity contribution in [1.29, 1.82) is 0 Å². The second-order valence-electron chi connectivity index (χ2n) is 10.4. The van der Waals surface area contributed by atoms with Crippen molar-refractivity contribution in [2.75, 3.05) is 18.8 Å². The van der Waals surface area contributed by atoms with Gasteiger partial charge in [0.15, 0.2) is 5.76 Å². The lowest BCUT2D eigenvalue weighted by Crippen LogP contribution is -2.50. The van der Waals surface area contributed by atoms with Crippen LogP contribution >= 0.6 is 0 Å². The van der Waals surface area contributed by atoms with Gasteiger partial charge in [-0.05, 0) is 76.3 Å². The first-order valence-corrected chi connectivity index (χ1v) is 12.1. The van der Waals surface area contributed by atoms with Gasteiger partial charge in [0.25, 0.3) is 0 Å². The number of nitrogens with one attached hydrogen (secondary N) is 1. The Morgan fingerprint density at radius 3 is 2.71 bits per heavy atom. The number of rotatable bonds is 4. The molecule has 5 rings (SSSR count). The van der Waals surface area contributed by atoms with Crippen molar-refractivity contribution < 1.29 is 9.21 Å². The molecule has 4 heterocycles. The number of anilines is 1. The molecule has 7 nitrogen and oxygen atoms in total. The molecule has 2 amide bonds. The highest BCUT2D eigenvalue weighted by Gasteiger charge is 2.25. The van der Waals surface area contributed by atoms with Gasteiger partial charge in [0.2, 0.25) is 0 Å². The molecule has 34 heavy (non-hydrogen) atoms. The summed E-state index contributed by atoms with van der Waals surface area (Å²) in [5.74, 6) is 2.80. The fourth-order valence-electron chi connectivity index (χ4n) is 4.86. The van der Waals surface area contributed by atoms with Crippen LogP contribution in [0.1, 0.15) is 40.0 Å². The minimum Gasteiger partial charge on any atom is -0.455 e. The summed E-state index contributed by atoms with van der Waals surface area (Å²) in [7, 11) is 0. The van der Waals surface area contributed by atoms with Gasteiger partial charge in [-0.15, -0.1) is 0 Å². The number of carbonyl (C=O) groups excluding carboxylic acids is 1. The maximum Gasteiger partial charge on any atom is 0.317 e. The van der Waals surface area contributed by atoms with Crippen LogP contribution in [0, 0.1) is 5.92 Å². The van der Waals surface area contributed by atoms with Crippen LogP contribution in [0.25, 0.3) is 33.7 Å². The number of piperidine rings is 1. The number of nitrogens with two attached hydrogens (primary N) is 1. The Bertz CT molecular complexity index is 1270. The predicted molar refractivity (Wildman–Crippen MR) is 136 cm³/mol. The van der Waals surface area contributed by atoms with Crippen molar-refractivity contribution >= 4 is 22.8 Å². The predicted octanol–water partition coefficient (Wildman–Crippen LogP) is 5.59. The van der Waals surface area contributed by atoms with E-state index in [0.29, 0.717) is 11.7 Å². The number of hydrogen-bond donors (Lipinski definition) is 2. The van der Waals surface area contributed by atoms with E-state index in [1.54, 1.807) is 0 Å². The SMILES string of the molecule is CC(C)(C)NC(=O)N1CCC(CCn2c(-c3ccc4cccc-4o3)cc3cc(N)ncc32)CC1. The molecule has 0 saturated carbocycles. The molecule has 3 N–H and O–H groups in total. The maximum absolute atomic E-state index is 12.5. The lowest BCUT2D eigenvalue weighted by atomic mass is 9.93. The Balaban J connectivity index is 1.34. The monoisotopic (exact) mass is 459 g/mol. The summed E-state index contributed by atoms with van der Waals surface area (Å²) >= 11 is 0. The number of hydrogen-bond acceptors (Lipinski definition) is 4. The van der Waals surface area contributed by atoms with Gasteiger partial charge >= 0.3 is 6.03 Å². The number of nitrogens with zero attached hydrogens (tertiary/aromatic N) is 3. The van der Waals surface area contributed by atoms with E-state index in [2.05, 4.69) is 33.1 Å². The van der Waals surface area contributed by atoms with E-state index in [-0.39, 0.29) is 11.6 Å². The van der Waals surface area contributed by atoms with Crippen LogP contribution in [0.3, 0.4) is 0 Å². The maximum atomic E-state index is 12.5. The summed E-state index contributed by atoms with van der Waals surface area (Å²) in [6, 6.07) is 14.3. The summed E-state index contributed by atoms with van der Waals surface area (Å²) < 4.78 is 8.54. The Kier molecular flexibility index (Phi) is 5.71. The normalized spacial score (nSPS) is 15.3. The summed E-state index contributed by atoms with van der Waals surface area (Å²) in [4.78, 5) is 18.8. The first-order chi connectivity index (χ1) is 16.3. The molecule has 1 saturated heterocycles. The van der Waals surface area contributed by atoms with E-state index >= 15 is 0 Å². The zero-order valence-electron chi connectivity index (χ0n) is 20.2. The second-order valence-corrected chi connectivity index (χ2v) is 10.4. The van der Waals surface area contributed by atoms with Gasteiger partial charge in [-0.2, -0.15) is 0 Å². The molecule has 0 aromatic carbocycles. The first kappa shape index (κ1) is 22.3. The van der Waals surface area contributed by atoms with Crippen LogP contribution in [-0.4, -0.2) is 39.1 Å². The summed E-state index contributed by atoms with van der Waals surface area (Å²) in [6.07, 6.45) is 4.92. The van der Waals surface area contributed by atoms with Crippen molar-refractivity contribution in [3.63, 3.8) is 0 Å². The number of fused-ring (bicyclic) bond motifs is 2. The molecular weight excluding hydrogens is 426 g/mol. The van der Waals surface area contributed by atoms with Gasteiger partial charge in [0.05, 0.1) is 17.4 Å². The highest BCUT2D eigenvalue weighted by Crippen LogP contribution is 2.34. The average Bonchev–Trinajstić information content (AvgIpc) is 3.40. The van der Waals surface area contributed by atoms with Crippen LogP contribution in [0.2, 0.25) is 0 Å². The lowest BCUT2D eigenvalue weighted by Gasteiger charge is -2.34. The standard InChI is InChI=1S/C27H33N5O2/c1-27(2,3)30-26(33)31-12-9-18(10-13-31)11-14-32-21(15-20-16-25(28)29-17-22(20)32)24-8-7-19-5-4-6-23(19)34-24/h4-8,15-18H,9-14H2,1-3H3,(H2,28,29)(H,30,33). The molecule has 0 atom stereocenters. The van der Waals surface area contributed by atoms with E-state index in [0.717, 1.165) is 72.6 Å². The Morgan fingerprint density at radius 2 is 1.94 bits per heavy atom. The molecule has 0 unspecified atom stereocenters. The van der Waals surface area contributed by atoms with Gasteiger partial charge in [0.1, 0.15) is 11.6 Å². The fraction of sp³-hybridized carbons (Fsp3) is 0.407. The molecule has 3 aliphatic rings. The van der Waals surface area contributed by atoms with Crippen molar-refractivity contribution in [3.8, 4) is 22.8 Å². The smallest absolute Gasteiger partial charge is 0.317 e. The van der Waals surface area contributed by atoms with Crippen molar-refractivity contribution in [1.82, 2.24) is 19.8 Å². The molecule has 178 valence electrons. The number of urea groups is 1. The van der Waals surface area contributed by atoms with Crippen LogP contribution in [0.15, 0.2) is 53.1 Å². The molecule has 2 aromatic heterocycles. The number of pyridine rings is 1. The number of likely N-dealkylation sites (tertiary alicyclic amines) is 1. The molecule has 1 fully saturated rings. The quantitative estimate of drug-likeness (QED) is 0.416. The number of nitrogen functional groups attached to an aromatic ring is 1. The third-order valence-corrected chi connectivity index (χ3v) is 6.65. The zero-order chi connectivity index (χ0) is 23.9. The molecule has 1 aliphatic carbocycles. The molecule has 0 spiro atoms. The van der Waals surface area contributed by atoms with E-state index < -0.39 is 0 Å². The number of amides is 2. The molecule has 0 radical (unpaired) electrons. The van der Waals surface area contributed by atoms with E-state index in [9.17, 15) is 4.79 Å². The van der Waals surface area contributed by atoms with Gasteiger partial charge in [-0.3, -0.25) is 0 Å². The number of aryl methyl sites for hydroxylation is 1. The number of carbonyl (C=O) groups is 1. The summed E-state index contributed by atoms with van der Waals surface area (Å²) in [5.41, 5.74) is 8.94. The zero-order valence-corrected chi connectivity index (χ0v) is 20.2. The Hall–Kier alpha value is -3.48. The van der Waals surface area contributed by atoms with Gasteiger partial charge in [-0.1, -0.05) is 12.1 Å². The van der Waals surface area contributed by atoms with Crippen LogP contribution in [0.5, 0.6) is 0 Å². The topological polar surface area (TPSA) is 89.3 Å². The molecule has 0 bridgehead atoms. The van der Waals surface area contributed by atoms with E-state index in [4.69, 9.17) is 10.2 Å². The molecule has 2 aromatic rings. The first-order valence-electron chi connectivity index (χ1n) is 12.1. The molecular formula is C27H33N5O2. The lowest BCUT2D eigenvalue weighted by molar-refractivity contribution is 0.160. The fourth-order valence-corrected chi connectivity index (χ4v) is 4.86. The molecule has 7 heteroatoms. The second kappa shape index (κ2) is 8.70. The summed E-state index contributed by atoms with van der Waals surface area (Å²) in [5, 5.41) is 4.14. The average molecular weight is 460 g/mol. The minimum atomic E-state index is -0.215. The Morgan fingerprint density at radius 1 is 1.15 bits per heavy atom. The highest BCUT2D eigenvalue weighted by atomic mass is 16.3. The van der Waals surface area contributed by atoms with E-state index in [1.165, 1.54) is 0 Å². The van der Waals surface area contributed by atoms with Crippen molar-refractivity contribution in [2.45, 2.75) is 52.1 Å². The van der Waals surface area contributed by atoms with Crippen molar-refractivity contribution in [3.05, 3.63) is 48.7 Å². The van der Waals surface area contributed by atoms with Crippen molar-refractivity contribution in [2.24, 2.45) is 5.92 Å². The third-order valence-electron chi connectivity index (χ3n) is 6.65. The third kappa shape index (κ3) is 4.60. The number of aromatic nitrogens is 2. The van der Waals surface area contributed by atoms with Gasteiger partial charge in [0, 0.05) is 36.1 Å². The minimum absolute atomic E-state index is 0.0396. The Labute approximate surface area is 200 Å². The highest BCUT2D eigenvalue weighted by molar-refractivity contribution is 5.87. The summed E-state index contributed by atoms with van der Waals surface area (Å²) in [6.45, 7) is 8.50. The molecule has 2 aliphatic heterocycles.